The van der Waals surface area contributed by atoms with Gasteiger partial charge in [-0.2, -0.15) is 4.98 Å². The van der Waals surface area contributed by atoms with E-state index in [2.05, 4.69) is 23.8 Å². The summed E-state index contributed by atoms with van der Waals surface area (Å²) in [5.74, 6) is -0.0264. The number of aromatic amines is 1. The number of aromatic nitrogens is 2. The van der Waals surface area contributed by atoms with E-state index in [1.54, 1.807) is 11.0 Å². The fourth-order valence-electron chi connectivity index (χ4n) is 4.22. The van der Waals surface area contributed by atoms with Gasteiger partial charge < -0.3 is 19.5 Å². The summed E-state index contributed by atoms with van der Waals surface area (Å²) in [7, 11) is 3.92. The van der Waals surface area contributed by atoms with Gasteiger partial charge in [-0.3, -0.25) is 9.59 Å². The molecule has 2 fully saturated rings. The van der Waals surface area contributed by atoms with E-state index >= 15 is 0 Å². The Labute approximate surface area is 165 Å². The van der Waals surface area contributed by atoms with Crippen LogP contribution < -0.4 is 5.69 Å². The van der Waals surface area contributed by atoms with Crippen molar-refractivity contribution in [1.29, 1.82) is 0 Å². The molecule has 1 amide bonds. The zero-order valence-electron chi connectivity index (χ0n) is 17.2. The third kappa shape index (κ3) is 4.43. The number of rotatable bonds is 5. The van der Waals surface area contributed by atoms with Crippen molar-refractivity contribution >= 4 is 11.9 Å². The number of likely N-dealkylation sites (tertiary alicyclic amines) is 1. The Bertz CT molecular complexity index is 794. The van der Waals surface area contributed by atoms with E-state index in [0.717, 1.165) is 5.69 Å². The Hall–Kier alpha value is -2.22. The predicted molar refractivity (Wildman–Crippen MR) is 104 cm³/mol. The first-order valence-electron chi connectivity index (χ1n) is 9.94. The van der Waals surface area contributed by atoms with Crippen LogP contribution in [0.4, 0.5) is 0 Å². The average molecular weight is 390 g/mol. The fraction of sp³-hybridized carbons (Fsp3) is 0.700. The average Bonchev–Trinajstić information content (AvgIpc) is 2.88. The molecule has 3 rings (SSSR count). The van der Waals surface area contributed by atoms with Crippen LogP contribution in [0.5, 0.6) is 0 Å². The highest BCUT2D eigenvalue weighted by atomic mass is 16.6. The van der Waals surface area contributed by atoms with Crippen molar-refractivity contribution in [3.05, 3.63) is 27.9 Å². The van der Waals surface area contributed by atoms with E-state index in [1.807, 2.05) is 19.0 Å². The number of nitrogens with zero attached hydrogens (tertiary/aromatic N) is 3. The SMILES string of the molecule is CC(C)Cc1cc(C(=O)N2CCC3(CC2)CC(CN(C)C)OC3=O)nc(=O)[nH]1. The first-order chi connectivity index (χ1) is 13.2. The van der Waals surface area contributed by atoms with Crippen LogP contribution >= 0.6 is 0 Å². The predicted octanol–water partition coefficient (Wildman–Crippen LogP) is 1.07. The molecule has 8 nitrogen and oxygen atoms in total. The molecule has 0 saturated carbocycles. The molecule has 3 heterocycles. The first-order valence-corrected chi connectivity index (χ1v) is 9.94. The number of carbonyl (C=O) groups excluding carboxylic acids is 2. The monoisotopic (exact) mass is 390 g/mol. The third-order valence-corrected chi connectivity index (χ3v) is 5.55. The molecule has 1 atom stereocenters. The topological polar surface area (TPSA) is 95.6 Å². The standard InChI is InChI=1S/C20H30N4O4/c1-13(2)9-14-10-16(22-19(27)21-14)17(25)24-7-5-20(6-8-24)11-15(12-23(3)4)28-18(20)26/h10,13,15H,5-9,11-12H2,1-4H3,(H,21,22,27). The van der Waals surface area contributed by atoms with Crippen LogP contribution in [-0.2, 0) is 16.0 Å². The summed E-state index contributed by atoms with van der Waals surface area (Å²) in [6, 6.07) is 1.67. The molecule has 0 bridgehead atoms. The summed E-state index contributed by atoms with van der Waals surface area (Å²) in [6.45, 7) is 5.75. The molecule has 8 heteroatoms. The minimum atomic E-state index is -0.499. The highest BCUT2D eigenvalue weighted by Gasteiger charge is 2.50. The van der Waals surface area contributed by atoms with Crippen LogP contribution in [0.15, 0.2) is 10.9 Å². The van der Waals surface area contributed by atoms with E-state index in [1.165, 1.54) is 0 Å². The van der Waals surface area contributed by atoms with Crippen molar-refractivity contribution in [2.75, 3.05) is 33.7 Å². The Balaban J connectivity index is 1.67. The number of nitrogens with one attached hydrogen (secondary N) is 1. The number of hydrogen-bond acceptors (Lipinski definition) is 6. The second kappa shape index (κ2) is 8.03. The summed E-state index contributed by atoms with van der Waals surface area (Å²) in [5.41, 5.74) is -0.0876. The van der Waals surface area contributed by atoms with Crippen LogP contribution in [0.2, 0.25) is 0 Å². The highest BCUT2D eigenvalue weighted by molar-refractivity contribution is 5.92. The summed E-state index contributed by atoms with van der Waals surface area (Å²) in [6.07, 6.45) is 2.47. The van der Waals surface area contributed by atoms with Gasteiger partial charge in [-0.25, -0.2) is 4.79 Å². The lowest BCUT2D eigenvalue weighted by molar-refractivity contribution is -0.150. The largest absolute Gasteiger partial charge is 0.461 e. The zero-order valence-corrected chi connectivity index (χ0v) is 17.2. The molecule has 154 valence electrons. The smallest absolute Gasteiger partial charge is 0.345 e. The van der Waals surface area contributed by atoms with Crippen molar-refractivity contribution < 1.29 is 14.3 Å². The van der Waals surface area contributed by atoms with Crippen molar-refractivity contribution in [3.8, 4) is 0 Å². The van der Waals surface area contributed by atoms with Gasteiger partial charge in [0.05, 0.1) is 5.41 Å². The minimum Gasteiger partial charge on any atom is -0.461 e. The number of ether oxygens (including phenoxy) is 1. The van der Waals surface area contributed by atoms with E-state index in [9.17, 15) is 14.4 Å². The quantitative estimate of drug-likeness (QED) is 0.756. The lowest BCUT2D eigenvalue weighted by Gasteiger charge is -2.36. The van der Waals surface area contributed by atoms with Crippen LogP contribution in [0.1, 0.15) is 49.3 Å². The number of carbonyl (C=O) groups is 2. The van der Waals surface area contributed by atoms with E-state index < -0.39 is 11.1 Å². The van der Waals surface area contributed by atoms with Crippen LogP contribution in [0.3, 0.4) is 0 Å². The molecule has 28 heavy (non-hydrogen) atoms. The van der Waals surface area contributed by atoms with Crippen LogP contribution in [0.25, 0.3) is 0 Å². The maximum absolute atomic E-state index is 12.9. The molecule has 2 saturated heterocycles. The highest BCUT2D eigenvalue weighted by Crippen LogP contribution is 2.43. The summed E-state index contributed by atoms with van der Waals surface area (Å²) < 4.78 is 5.57. The van der Waals surface area contributed by atoms with Gasteiger partial charge in [-0.1, -0.05) is 13.8 Å². The maximum atomic E-state index is 12.9. The maximum Gasteiger partial charge on any atom is 0.345 e. The van der Waals surface area contributed by atoms with Crippen molar-refractivity contribution in [2.45, 2.75) is 45.6 Å². The van der Waals surface area contributed by atoms with Gasteiger partial charge in [0.2, 0.25) is 0 Å². The van der Waals surface area contributed by atoms with Gasteiger partial charge in [-0.05, 0) is 45.3 Å². The van der Waals surface area contributed by atoms with E-state index in [-0.39, 0.29) is 23.7 Å². The van der Waals surface area contributed by atoms with Gasteiger partial charge >= 0.3 is 11.7 Å². The molecular formula is C20H30N4O4. The van der Waals surface area contributed by atoms with Crippen molar-refractivity contribution in [1.82, 2.24) is 19.8 Å². The van der Waals surface area contributed by atoms with E-state index in [4.69, 9.17) is 4.74 Å². The summed E-state index contributed by atoms with van der Waals surface area (Å²) >= 11 is 0. The minimum absolute atomic E-state index is 0.0855. The van der Waals surface area contributed by atoms with Crippen molar-refractivity contribution in [3.63, 3.8) is 0 Å². The van der Waals surface area contributed by atoms with Crippen LogP contribution in [-0.4, -0.2) is 71.5 Å². The lowest BCUT2D eigenvalue weighted by atomic mass is 9.76. The number of piperidine rings is 1. The molecule has 2 aliphatic heterocycles. The molecule has 1 spiro atoms. The molecule has 1 unspecified atom stereocenters. The molecule has 0 aromatic carbocycles. The number of esters is 1. The Kier molecular flexibility index (Phi) is 5.88. The van der Waals surface area contributed by atoms with Gasteiger partial charge in [0.25, 0.3) is 5.91 Å². The fourth-order valence-corrected chi connectivity index (χ4v) is 4.22. The molecule has 0 aliphatic carbocycles. The number of amides is 1. The molecule has 1 aromatic rings. The number of likely N-dealkylation sites (N-methyl/N-ethyl adjacent to an activating group) is 1. The molecule has 0 radical (unpaired) electrons. The lowest BCUT2D eigenvalue weighted by Crippen LogP contribution is -2.45. The second-order valence-electron chi connectivity index (χ2n) is 8.76. The second-order valence-corrected chi connectivity index (χ2v) is 8.76. The normalized spacial score (nSPS) is 21.6. The van der Waals surface area contributed by atoms with Gasteiger partial charge in [0.15, 0.2) is 0 Å². The summed E-state index contributed by atoms with van der Waals surface area (Å²) in [4.78, 5) is 47.5. The van der Waals surface area contributed by atoms with Crippen molar-refractivity contribution in [2.24, 2.45) is 11.3 Å². The zero-order chi connectivity index (χ0) is 20.5. The number of cyclic esters (lactones) is 1. The van der Waals surface area contributed by atoms with E-state index in [0.29, 0.717) is 51.2 Å². The van der Waals surface area contributed by atoms with Crippen LogP contribution in [0, 0.1) is 11.3 Å². The van der Waals surface area contributed by atoms with Gasteiger partial charge in [0, 0.05) is 31.7 Å². The molecule has 1 N–H and O–H groups in total. The molecule has 2 aliphatic rings. The Morgan fingerprint density at radius 2 is 2.04 bits per heavy atom. The first kappa shape index (κ1) is 20.5. The molecular weight excluding hydrogens is 360 g/mol. The van der Waals surface area contributed by atoms with Gasteiger partial charge in [-0.15, -0.1) is 0 Å². The third-order valence-electron chi connectivity index (χ3n) is 5.55. The number of H-pyrrole nitrogens is 1. The van der Waals surface area contributed by atoms with Gasteiger partial charge in [0.1, 0.15) is 11.8 Å². The Morgan fingerprint density at radius 3 is 2.64 bits per heavy atom. The number of hydrogen-bond donors (Lipinski definition) is 1. The summed E-state index contributed by atoms with van der Waals surface area (Å²) in [5, 5.41) is 0. The molecule has 1 aromatic heterocycles. The Morgan fingerprint density at radius 1 is 1.36 bits per heavy atom.